The molecular formula is C29H34F2N8O3. The van der Waals surface area contributed by atoms with Crippen molar-refractivity contribution in [2.75, 3.05) is 42.3 Å². The molecule has 4 amide bonds. The summed E-state index contributed by atoms with van der Waals surface area (Å²) >= 11 is 0. The van der Waals surface area contributed by atoms with Gasteiger partial charge in [0.2, 0.25) is 0 Å². The Morgan fingerprint density at radius 1 is 1.10 bits per heavy atom. The van der Waals surface area contributed by atoms with Gasteiger partial charge in [0.05, 0.1) is 11.9 Å². The van der Waals surface area contributed by atoms with Crippen molar-refractivity contribution in [1.82, 2.24) is 25.0 Å². The molecule has 2 aromatic heterocycles. The van der Waals surface area contributed by atoms with Crippen molar-refractivity contribution in [2.24, 2.45) is 0 Å². The molecule has 42 heavy (non-hydrogen) atoms. The Bertz CT molecular complexity index is 1490. The summed E-state index contributed by atoms with van der Waals surface area (Å²) < 4.78 is 29.3. The van der Waals surface area contributed by atoms with Gasteiger partial charge in [-0.3, -0.25) is 14.3 Å². The molecule has 0 unspecified atom stereocenters. The number of nitrogens with one attached hydrogen (secondary N) is 2. The first kappa shape index (κ1) is 29.0. The van der Waals surface area contributed by atoms with Crippen LogP contribution < -0.4 is 20.4 Å². The Hall–Kier alpha value is -4.55. The number of aromatic nitrogens is 3. The van der Waals surface area contributed by atoms with E-state index in [1.807, 2.05) is 35.6 Å². The zero-order valence-electron chi connectivity index (χ0n) is 24.0. The molecule has 0 saturated carbocycles. The second kappa shape index (κ2) is 11.4. The molecule has 11 nitrogen and oxygen atoms in total. The van der Waals surface area contributed by atoms with Gasteiger partial charge in [-0.2, -0.15) is 13.9 Å². The van der Waals surface area contributed by atoms with Crippen molar-refractivity contribution < 1.29 is 23.2 Å². The minimum Gasteiger partial charge on any atom is -0.352 e. The third-order valence-electron chi connectivity index (χ3n) is 7.43. The number of carbonyl (C=O) groups is 3. The highest BCUT2D eigenvalue weighted by Crippen LogP contribution is 2.33. The van der Waals surface area contributed by atoms with Crippen LogP contribution in [-0.4, -0.2) is 70.6 Å². The molecule has 5 rings (SSSR count). The summed E-state index contributed by atoms with van der Waals surface area (Å²) in [5.74, 6) is -4.23. The van der Waals surface area contributed by atoms with Crippen LogP contribution in [-0.2, 0) is 24.3 Å². The maximum Gasteiger partial charge on any atom is 0.326 e. The lowest BCUT2D eigenvalue weighted by atomic mass is 10.0. The van der Waals surface area contributed by atoms with Crippen LogP contribution in [0.2, 0.25) is 0 Å². The molecule has 0 aliphatic carbocycles. The average molecular weight is 581 g/mol. The fourth-order valence-corrected chi connectivity index (χ4v) is 5.09. The second-order valence-electron chi connectivity index (χ2n) is 11.0. The van der Waals surface area contributed by atoms with Gasteiger partial charge in [0.25, 0.3) is 11.8 Å². The van der Waals surface area contributed by atoms with Crippen molar-refractivity contribution in [3.63, 3.8) is 0 Å². The molecular weight excluding hydrogens is 546 g/mol. The highest BCUT2D eigenvalue weighted by atomic mass is 19.3. The molecule has 2 aliphatic rings. The van der Waals surface area contributed by atoms with E-state index in [2.05, 4.69) is 20.7 Å². The van der Waals surface area contributed by atoms with Gasteiger partial charge in [0, 0.05) is 76.1 Å². The van der Waals surface area contributed by atoms with E-state index < -0.39 is 18.3 Å². The van der Waals surface area contributed by atoms with E-state index in [4.69, 9.17) is 0 Å². The average Bonchev–Trinajstić information content (AvgIpc) is 3.48. The number of benzene rings is 1. The van der Waals surface area contributed by atoms with Gasteiger partial charge in [0.1, 0.15) is 5.82 Å². The van der Waals surface area contributed by atoms with E-state index in [0.29, 0.717) is 42.4 Å². The molecule has 3 aromatic rings. The molecule has 0 atom stereocenters. The third-order valence-corrected chi connectivity index (χ3v) is 7.43. The monoisotopic (exact) mass is 580 g/mol. The molecule has 1 aromatic carbocycles. The Kier molecular flexibility index (Phi) is 7.85. The first-order valence-corrected chi connectivity index (χ1v) is 13.8. The van der Waals surface area contributed by atoms with Crippen LogP contribution in [0.5, 0.6) is 0 Å². The van der Waals surface area contributed by atoms with Gasteiger partial charge in [-0.15, -0.1) is 0 Å². The summed E-state index contributed by atoms with van der Waals surface area (Å²) in [5, 5.41) is 10.4. The van der Waals surface area contributed by atoms with Crippen molar-refractivity contribution in [2.45, 2.75) is 51.7 Å². The van der Waals surface area contributed by atoms with E-state index in [-0.39, 0.29) is 31.1 Å². The summed E-state index contributed by atoms with van der Waals surface area (Å²) in [5.41, 5.74) is 4.01. The zero-order chi connectivity index (χ0) is 30.2. The second-order valence-corrected chi connectivity index (χ2v) is 11.0. The molecule has 222 valence electrons. The van der Waals surface area contributed by atoms with Gasteiger partial charge in [0.15, 0.2) is 5.69 Å². The van der Waals surface area contributed by atoms with Gasteiger partial charge < -0.3 is 25.3 Å². The lowest BCUT2D eigenvalue weighted by molar-refractivity contribution is -0.137. The highest BCUT2D eigenvalue weighted by Gasteiger charge is 2.48. The SMILES string of the molecule is CC(C)n1nc(C(=O)NCc2ccc(NC(=O)N(C)C)cc2)c2c1CCN(c1ccc(N3CCC(F)(F)C3=O)cn1)C2. The number of rotatable bonds is 7. The molecule has 13 heteroatoms. The Balaban J connectivity index is 1.28. The minimum absolute atomic E-state index is 0.0516. The van der Waals surface area contributed by atoms with Crippen molar-refractivity contribution >= 4 is 35.0 Å². The zero-order valence-corrected chi connectivity index (χ0v) is 24.0. The summed E-state index contributed by atoms with van der Waals surface area (Å²) in [6.07, 6.45) is 1.58. The maximum atomic E-state index is 13.7. The molecule has 0 spiro atoms. The van der Waals surface area contributed by atoms with Crippen molar-refractivity contribution in [3.05, 3.63) is 65.1 Å². The van der Waals surface area contributed by atoms with Crippen LogP contribution in [0.3, 0.4) is 0 Å². The molecule has 1 saturated heterocycles. The molecule has 4 heterocycles. The summed E-state index contributed by atoms with van der Waals surface area (Å²) in [6, 6.07) is 10.4. The van der Waals surface area contributed by atoms with Gasteiger partial charge in [-0.25, -0.2) is 9.78 Å². The molecule has 1 fully saturated rings. The summed E-state index contributed by atoms with van der Waals surface area (Å²) in [7, 11) is 3.32. The number of urea groups is 1. The molecule has 0 radical (unpaired) electrons. The predicted octanol–water partition coefficient (Wildman–Crippen LogP) is 3.82. The van der Waals surface area contributed by atoms with Crippen LogP contribution in [0.25, 0.3) is 0 Å². The normalized spacial score (nSPS) is 16.0. The summed E-state index contributed by atoms with van der Waals surface area (Å²) in [6.45, 7) is 5.30. The van der Waals surface area contributed by atoms with Gasteiger partial charge >= 0.3 is 12.0 Å². The lowest BCUT2D eigenvalue weighted by Crippen LogP contribution is -2.34. The number of pyridine rings is 1. The van der Waals surface area contributed by atoms with E-state index in [1.54, 1.807) is 38.4 Å². The number of nitrogens with zero attached hydrogens (tertiary/aromatic N) is 6. The van der Waals surface area contributed by atoms with Crippen LogP contribution in [0.4, 0.5) is 30.8 Å². The Morgan fingerprint density at radius 3 is 2.43 bits per heavy atom. The molecule has 2 N–H and O–H groups in total. The number of alkyl halides is 2. The Morgan fingerprint density at radius 2 is 1.83 bits per heavy atom. The Labute approximate surface area is 242 Å². The number of anilines is 3. The van der Waals surface area contributed by atoms with E-state index >= 15 is 0 Å². The standard InChI is InChI=1S/C29H34F2N8O3/c1-18(2)39-23-11-13-37(24-10-9-21(16-32-24)38-14-12-29(30,31)27(38)41)17-22(23)25(35-39)26(40)33-15-19-5-7-20(8-6-19)34-28(42)36(3)4/h5-10,16,18H,11-15,17H2,1-4H3,(H,33,40)(H,34,42). The first-order valence-electron chi connectivity index (χ1n) is 13.8. The van der Waals surface area contributed by atoms with Crippen molar-refractivity contribution in [3.8, 4) is 0 Å². The number of fused-ring (bicyclic) bond motifs is 1. The summed E-state index contributed by atoms with van der Waals surface area (Å²) in [4.78, 5) is 46.2. The number of amides is 4. The van der Waals surface area contributed by atoms with Crippen LogP contribution in [0, 0.1) is 0 Å². The number of hydrogen-bond acceptors (Lipinski definition) is 6. The van der Waals surface area contributed by atoms with E-state index in [9.17, 15) is 23.2 Å². The quantitative estimate of drug-likeness (QED) is 0.439. The first-order chi connectivity index (χ1) is 19.9. The highest BCUT2D eigenvalue weighted by molar-refractivity contribution is 6.00. The van der Waals surface area contributed by atoms with Crippen LogP contribution in [0.15, 0.2) is 42.6 Å². The number of carbonyl (C=O) groups excluding carboxylic acids is 3. The number of halogens is 2. The van der Waals surface area contributed by atoms with Crippen molar-refractivity contribution in [1.29, 1.82) is 0 Å². The predicted molar refractivity (Wildman–Crippen MR) is 154 cm³/mol. The van der Waals surface area contributed by atoms with Crippen LogP contribution in [0.1, 0.15) is 53.6 Å². The maximum absolute atomic E-state index is 13.7. The largest absolute Gasteiger partial charge is 0.352 e. The van der Waals surface area contributed by atoms with Crippen LogP contribution >= 0.6 is 0 Å². The molecule has 0 bridgehead atoms. The fraction of sp³-hybridized carbons (Fsp3) is 0.414. The van der Waals surface area contributed by atoms with Gasteiger partial charge in [-0.1, -0.05) is 12.1 Å². The molecule has 2 aliphatic heterocycles. The van der Waals surface area contributed by atoms with E-state index in [0.717, 1.165) is 21.7 Å². The minimum atomic E-state index is -3.34. The lowest BCUT2D eigenvalue weighted by Gasteiger charge is -2.29. The van der Waals surface area contributed by atoms with Gasteiger partial charge in [-0.05, 0) is 43.7 Å². The number of hydrogen-bond donors (Lipinski definition) is 2. The third kappa shape index (κ3) is 5.76. The van der Waals surface area contributed by atoms with E-state index in [1.165, 1.54) is 11.1 Å². The smallest absolute Gasteiger partial charge is 0.326 e. The fourth-order valence-electron chi connectivity index (χ4n) is 5.09. The topological polar surface area (TPSA) is 116 Å².